The summed E-state index contributed by atoms with van der Waals surface area (Å²) in [5.74, 6) is 0.383. The molecule has 0 aliphatic heterocycles. The highest BCUT2D eigenvalue weighted by Gasteiger charge is 2.23. The van der Waals surface area contributed by atoms with Gasteiger partial charge >= 0.3 is 0 Å². The Labute approximate surface area is 251 Å². The molecule has 204 valence electrons. The molecule has 1 unspecified atom stereocenters. The van der Waals surface area contributed by atoms with E-state index in [-0.39, 0.29) is 0 Å². The molecule has 1 atom stereocenters. The molecule has 0 radical (unpaired) electrons. The molecule has 2 aromatic heterocycles. The van der Waals surface area contributed by atoms with Crippen LogP contribution in [0, 0.1) is 5.92 Å². The average Bonchev–Trinajstić information content (AvgIpc) is 3.65. The molecule has 2 aliphatic carbocycles. The molecule has 7 aromatic carbocycles. The maximum absolute atomic E-state index is 4.03. The molecule has 2 N–H and O–H groups in total. The Balaban J connectivity index is 1.39. The van der Waals surface area contributed by atoms with Gasteiger partial charge in [-0.05, 0) is 79.7 Å². The highest BCUT2D eigenvalue weighted by molar-refractivity contribution is 6.34. The van der Waals surface area contributed by atoms with Crippen LogP contribution in [0.15, 0.2) is 109 Å². The van der Waals surface area contributed by atoms with Crippen LogP contribution in [0.4, 0.5) is 0 Å². The fourth-order valence-corrected chi connectivity index (χ4v) is 8.28. The highest BCUT2D eigenvalue weighted by Crippen LogP contribution is 2.41. The monoisotopic (exact) mass is 558 g/mol. The van der Waals surface area contributed by atoms with E-state index in [4.69, 9.17) is 0 Å². The molecule has 0 saturated carbocycles. The zero-order valence-electron chi connectivity index (χ0n) is 23.9. The summed E-state index contributed by atoms with van der Waals surface area (Å²) in [6.45, 7) is 0. The number of nitrogens with one attached hydrogen (secondary N) is 2. The zero-order chi connectivity index (χ0) is 28.5. The van der Waals surface area contributed by atoms with Gasteiger partial charge in [-0.1, -0.05) is 97.1 Å². The molecule has 0 amide bonds. The molecule has 2 nitrogen and oxygen atoms in total. The quantitative estimate of drug-likeness (QED) is 0.179. The van der Waals surface area contributed by atoms with Gasteiger partial charge in [-0.15, -0.1) is 0 Å². The molecule has 9 aromatic rings. The summed E-state index contributed by atoms with van der Waals surface area (Å²) in [7, 11) is 0. The maximum atomic E-state index is 4.03. The number of hydrogen-bond donors (Lipinski definition) is 2. The second kappa shape index (κ2) is 8.06. The van der Waals surface area contributed by atoms with Gasteiger partial charge in [0.2, 0.25) is 0 Å². The van der Waals surface area contributed by atoms with Crippen molar-refractivity contribution in [3.63, 3.8) is 0 Å². The minimum absolute atomic E-state index is 0.383. The van der Waals surface area contributed by atoms with Crippen molar-refractivity contribution in [2.24, 2.45) is 5.92 Å². The van der Waals surface area contributed by atoms with E-state index in [1.807, 2.05) is 0 Å². The summed E-state index contributed by atoms with van der Waals surface area (Å²) in [5.41, 5.74) is 5.07. The molecule has 44 heavy (non-hydrogen) atoms. The standard InChI is InChI=1S/C42H26N2/c1-3-9-25-19-33-29(17-23(25)7-1)13-15-31-37-38-32-16-14-30-18-24-8-2-4-10-26(24)20-34(30)40(32)44-42(38)36-22-28-12-6-5-11-27(28)21-35(36)41(37)43-39(31)33/h1-13,15-22,30,43-44H,14H2. The highest BCUT2D eigenvalue weighted by atomic mass is 14.7. The van der Waals surface area contributed by atoms with Gasteiger partial charge in [0.15, 0.2) is 0 Å². The minimum atomic E-state index is 0.383. The number of H-pyrrole nitrogens is 2. The van der Waals surface area contributed by atoms with Crippen LogP contribution in [-0.4, -0.2) is 9.97 Å². The predicted molar refractivity (Wildman–Crippen MR) is 188 cm³/mol. The molecule has 2 aliphatic rings. The van der Waals surface area contributed by atoms with Gasteiger partial charge in [0.25, 0.3) is 0 Å². The van der Waals surface area contributed by atoms with E-state index in [1.165, 1.54) is 102 Å². The Kier molecular flexibility index (Phi) is 4.20. The molecule has 0 spiro atoms. The molecule has 2 heteroatoms. The van der Waals surface area contributed by atoms with E-state index in [1.54, 1.807) is 0 Å². The Morgan fingerprint density at radius 2 is 1.14 bits per heavy atom. The van der Waals surface area contributed by atoms with Crippen LogP contribution in [0.1, 0.15) is 6.42 Å². The van der Waals surface area contributed by atoms with Gasteiger partial charge in [-0.2, -0.15) is 0 Å². The fourth-order valence-electron chi connectivity index (χ4n) is 8.28. The van der Waals surface area contributed by atoms with Crippen molar-refractivity contribution in [2.75, 3.05) is 0 Å². The second-order valence-corrected chi connectivity index (χ2v) is 12.6. The first-order valence-electron chi connectivity index (χ1n) is 15.5. The third-order valence-corrected chi connectivity index (χ3v) is 10.3. The summed E-state index contributed by atoms with van der Waals surface area (Å²) in [5, 5.41) is 19.3. The lowest BCUT2D eigenvalue weighted by atomic mass is 9.85. The molecular weight excluding hydrogens is 532 g/mol. The summed E-state index contributed by atoms with van der Waals surface area (Å²) >= 11 is 0. The molecule has 11 rings (SSSR count). The van der Waals surface area contributed by atoms with Crippen LogP contribution in [-0.2, 0) is 0 Å². The normalized spacial score (nSPS) is 15.9. The Bertz CT molecular complexity index is 3020. The lowest BCUT2D eigenvalue weighted by molar-refractivity contribution is 0.909. The van der Waals surface area contributed by atoms with E-state index >= 15 is 0 Å². The zero-order valence-corrected chi connectivity index (χ0v) is 23.9. The smallest absolute Gasteiger partial charge is 0.0552 e. The maximum Gasteiger partial charge on any atom is 0.0552 e. The number of aromatic amines is 2. The SMILES string of the molecule is C1=c2ccccc2=CC2CC=c3c([nH]c4c5cc6ccccc6cc5c5[nH]c6c7cc8ccccc8cc7ccc6c5c34)=C12. The molecule has 0 saturated heterocycles. The summed E-state index contributed by atoms with van der Waals surface area (Å²) in [6, 6.07) is 40.3. The molecule has 2 heterocycles. The minimum Gasteiger partial charge on any atom is -0.354 e. The lowest BCUT2D eigenvalue weighted by Crippen LogP contribution is -2.37. The van der Waals surface area contributed by atoms with Gasteiger partial charge in [-0.3, -0.25) is 0 Å². The summed E-state index contributed by atoms with van der Waals surface area (Å²) in [4.78, 5) is 8.03. The predicted octanol–water partition coefficient (Wildman–Crippen LogP) is 7.64. The van der Waals surface area contributed by atoms with E-state index in [9.17, 15) is 0 Å². The van der Waals surface area contributed by atoms with Gasteiger partial charge in [0.05, 0.1) is 21.9 Å². The Hall–Kier alpha value is -5.60. The Morgan fingerprint density at radius 1 is 0.500 bits per heavy atom. The van der Waals surface area contributed by atoms with Crippen LogP contribution in [0.2, 0.25) is 0 Å². The number of benzene rings is 7. The number of hydrogen-bond acceptors (Lipinski definition) is 0. The van der Waals surface area contributed by atoms with Crippen molar-refractivity contribution in [1.29, 1.82) is 0 Å². The summed E-state index contributed by atoms with van der Waals surface area (Å²) < 4.78 is 0. The van der Waals surface area contributed by atoms with Gasteiger partial charge in [0, 0.05) is 43.5 Å². The van der Waals surface area contributed by atoms with Crippen molar-refractivity contribution in [3.05, 3.63) is 130 Å². The van der Waals surface area contributed by atoms with Crippen LogP contribution in [0.25, 0.3) is 99.6 Å². The van der Waals surface area contributed by atoms with Crippen molar-refractivity contribution < 1.29 is 0 Å². The van der Waals surface area contributed by atoms with E-state index in [2.05, 4.69) is 137 Å². The second-order valence-electron chi connectivity index (χ2n) is 12.6. The van der Waals surface area contributed by atoms with Crippen molar-refractivity contribution in [1.82, 2.24) is 9.97 Å². The number of rotatable bonds is 0. The third kappa shape index (κ3) is 2.90. The van der Waals surface area contributed by atoms with Crippen LogP contribution >= 0.6 is 0 Å². The fraction of sp³-hybridized carbons (Fsp3) is 0.0476. The van der Waals surface area contributed by atoms with Gasteiger partial charge in [0.1, 0.15) is 0 Å². The van der Waals surface area contributed by atoms with Crippen LogP contribution < -0.4 is 21.0 Å². The first kappa shape index (κ1) is 22.9. The first-order valence-corrected chi connectivity index (χ1v) is 15.5. The first-order chi connectivity index (χ1) is 21.8. The summed E-state index contributed by atoms with van der Waals surface area (Å²) in [6.07, 6.45) is 8.37. The van der Waals surface area contributed by atoms with Crippen molar-refractivity contribution in [2.45, 2.75) is 6.42 Å². The van der Waals surface area contributed by atoms with E-state index < -0.39 is 0 Å². The topological polar surface area (TPSA) is 31.6 Å². The van der Waals surface area contributed by atoms with Crippen LogP contribution in [0.3, 0.4) is 0 Å². The lowest BCUT2D eigenvalue weighted by Gasteiger charge is -2.18. The van der Waals surface area contributed by atoms with Gasteiger partial charge < -0.3 is 9.97 Å². The van der Waals surface area contributed by atoms with Crippen LogP contribution in [0.5, 0.6) is 0 Å². The molecular formula is C42H26N2. The Morgan fingerprint density at radius 3 is 1.89 bits per heavy atom. The molecule has 0 fully saturated rings. The number of fused-ring (bicyclic) bond motifs is 16. The van der Waals surface area contributed by atoms with E-state index in [0.717, 1.165) is 6.42 Å². The van der Waals surface area contributed by atoms with Crippen molar-refractivity contribution >= 4 is 99.6 Å². The average molecular weight is 559 g/mol. The van der Waals surface area contributed by atoms with Crippen molar-refractivity contribution in [3.8, 4) is 0 Å². The van der Waals surface area contributed by atoms with Gasteiger partial charge in [-0.25, -0.2) is 0 Å². The molecule has 0 bridgehead atoms. The third-order valence-electron chi connectivity index (χ3n) is 10.3. The largest absolute Gasteiger partial charge is 0.354 e. The number of aromatic nitrogens is 2. The van der Waals surface area contributed by atoms with E-state index in [0.29, 0.717) is 5.92 Å².